The van der Waals surface area contributed by atoms with Crippen LogP contribution >= 0.6 is 11.3 Å². The van der Waals surface area contributed by atoms with E-state index >= 15 is 0 Å². The summed E-state index contributed by atoms with van der Waals surface area (Å²) in [5, 5.41) is 10.4. The van der Waals surface area contributed by atoms with Gasteiger partial charge in [-0.25, -0.2) is 4.98 Å². The Morgan fingerprint density at radius 3 is 2.45 bits per heavy atom. The number of rotatable bonds is 19. The average molecular weight is 801 g/mol. The highest BCUT2D eigenvalue weighted by atomic mass is 32.1. The second-order valence-corrected chi connectivity index (χ2v) is 19.1. The van der Waals surface area contributed by atoms with Crippen LogP contribution in [0.4, 0.5) is 0 Å². The number of thiazole rings is 1. The number of benzene rings is 1. The van der Waals surface area contributed by atoms with Crippen LogP contribution in [0.2, 0.25) is 0 Å². The minimum Gasteiger partial charge on any atom is -0.388 e. The first kappa shape index (κ1) is 43.6. The average Bonchev–Trinajstić information content (AvgIpc) is 3.75. The number of piperidine rings is 1. The van der Waals surface area contributed by atoms with Gasteiger partial charge in [-0.1, -0.05) is 106 Å². The van der Waals surface area contributed by atoms with Crippen molar-refractivity contribution in [2.75, 3.05) is 26.2 Å². The van der Waals surface area contributed by atoms with Gasteiger partial charge in [0.1, 0.15) is 0 Å². The van der Waals surface area contributed by atoms with Gasteiger partial charge < -0.3 is 15.5 Å². The lowest BCUT2D eigenvalue weighted by Crippen LogP contribution is -2.47. The van der Waals surface area contributed by atoms with Crippen molar-refractivity contribution in [2.24, 2.45) is 10.4 Å². The normalized spacial score (nSPS) is 19.8. The van der Waals surface area contributed by atoms with Crippen LogP contribution in [0.3, 0.4) is 0 Å². The molecule has 0 bridgehead atoms. The number of likely N-dealkylation sites (tertiary alicyclic amines) is 1. The molecule has 58 heavy (non-hydrogen) atoms. The molecule has 2 aromatic rings. The number of unbranched alkanes of at least 4 members (excludes halogenated alkanes) is 6. The monoisotopic (exact) mass is 801 g/mol. The van der Waals surface area contributed by atoms with Crippen molar-refractivity contribution in [2.45, 2.75) is 144 Å². The molecule has 1 saturated heterocycles. The Bertz CT molecular complexity index is 1950. The minimum atomic E-state index is 0.139. The number of amidine groups is 1. The van der Waals surface area contributed by atoms with Gasteiger partial charge in [0, 0.05) is 65.6 Å². The number of hydrogen-bond acceptors (Lipinski definition) is 7. The first-order valence-electron chi connectivity index (χ1n) is 22.4. The van der Waals surface area contributed by atoms with Crippen molar-refractivity contribution >= 4 is 22.9 Å². The third kappa shape index (κ3) is 10.4. The lowest BCUT2D eigenvalue weighted by molar-refractivity contribution is 0.178. The second kappa shape index (κ2) is 19.9. The summed E-state index contributed by atoms with van der Waals surface area (Å²) in [6, 6.07) is 5.81. The molecule has 4 aliphatic heterocycles. The summed E-state index contributed by atoms with van der Waals surface area (Å²) in [4.78, 5) is 14.5. The Hall–Kier alpha value is -3.94. The van der Waals surface area contributed by atoms with Crippen LogP contribution < -0.4 is 10.6 Å². The molecule has 6 nitrogen and oxygen atoms in total. The van der Waals surface area contributed by atoms with Crippen molar-refractivity contribution in [3.63, 3.8) is 0 Å². The Kier molecular flexibility index (Phi) is 15.0. The third-order valence-corrected chi connectivity index (χ3v) is 13.6. The Morgan fingerprint density at radius 1 is 1.00 bits per heavy atom. The fraction of sp³-hybridized carbons (Fsp3) is 0.529. The van der Waals surface area contributed by atoms with Crippen molar-refractivity contribution in [3.8, 4) is 0 Å². The predicted molar refractivity (Wildman–Crippen MR) is 250 cm³/mol. The number of nitrogens with one attached hydrogen (secondary N) is 2. The van der Waals surface area contributed by atoms with Crippen molar-refractivity contribution in [1.82, 2.24) is 25.4 Å². The zero-order valence-corrected chi connectivity index (χ0v) is 37.7. The van der Waals surface area contributed by atoms with Crippen molar-refractivity contribution < 1.29 is 0 Å². The van der Waals surface area contributed by atoms with Crippen molar-refractivity contribution in [1.29, 1.82) is 0 Å². The molecule has 312 valence electrons. The molecule has 0 radical (unpaired) electrons. The fourth-order valence-corrected chi connectivity index (χ4v) is 9.92. The van der Waals surface area contributed by atoms with E-state index in [1.165, 1.54) is 115 Å². The van der Waals surface area contributed by atoms with E-state index in [4.69, 9.17) is 4.99 Å². The van der Waals surface area contributed by atoms with Crippen LogP contribution in [-0.2, 0) is 19.3 Å². The van der Waals surface area contributed by atoms with Crippen molar-refractivity contribution in [3.05, 3.63) is 129 Å². The van der Waals surface area contributed by atoms with E-state index in [1.807, 2.05) is 11.6 Å². The Balaban J connectivity index is 0.933. The van der Waals surface area contributed by atoms with E-state index in [0.29, 0.717) is 18.6 Å². The van der Waals surface area contributed by atoms with Gasteiger partial charge in [0.2, 0.25) is 0 Å². The molecule has 4 aliphatic rings. The van der Waals surface area contributed by atoms with E-state index in [2.05, 4.69) is 118 Å². The SMILES string of the molecule is C=C(C)C1=CN2C(=CC1=C)c1cc(CC)c(CCCCCCCCCNC(=C)C3CCCCN3CC3=C(C(=C)CC)CN=C(c4nccs4)N3)cc1CC2C(C)(C)C. The maximum absolute atomic E-state index is 4.84. The molecule has 1 fully saturated rings. The Morgan fingerprint density at radius 2 is 1.76 bits per heavy atom. The van der Waals surface area contributed by atoms with E-state index < -0.39 is 0 Å². The molecule has 2 N–H and O–H groups in total. The molecule has 0 amide bonds. The minimum absolute atomic E-state index is 0.139. The number of hydrogen-bond donors (Lipinski definition) is 2. The van der Waals surface area contributed by atoms with Crippen LogP contribution in [0.1, 0.15) is 139 Å². The molecular formula is C51H72N6S. The van der Waals surface area contributed by atoms with Crippen LogP contribution in [0, 0.1) is 5.41 Å². The number of aryl methyl sites for hydroxylation is 2. The van der Waals surface area contributed by atoms with Gasteiger partial charge in [0.25, 0.3) is 0 Å². The maximum atomic E-state index is 4.84. The second-order valence-electron chi connectivity index (χ2n) is 18.2. The molecule has 5 heterocycles. The molecule has 0 spiro atoms. The molecular weight excluding hydrogens is 729 g/mol. The topological polar surface area (TPSA) is 55.8 Å². The van der Waals surface area contributed by atoms with Crippen LogP contribution in [-0.4, -0.2) is 58.9 Å². The number of fused-ring (bicyclic) bond motifs is 3. The van der Waals surface area contributed by atoms with Crippen LogP contribution in [0.25, 0.3) is 5.70 Å². The molecule has 2 atom stereocenters. The summed E-state index contributed by atoms with van der Waals surface area (Å²) < 4.78 is 0. The van der Waals surface area contributed by atoms with Gasteiger partial charge in [-0.05, 0) is 127 Å². The molecule has 0 saturated carbocycles. The van der Waals surface area contributed by atoms with E-state index in [9.17, 15) is 0 Å². The summed E-state index contributed by atoms with van der Waals surface area (Å²) in [6.07, 6.45) is 23.3. The standard InChI is InChI=1S/C51H72N6S/c1-11-36(5)43-32-54-49(50-53-25-27-58-50)55-45(43)34-56-26-21-19-23-46(56)38(7)52-24-20-17-15-13-14-16-18-22-40-29-41-31-48(51(8,9)10)57-33-44(35(3)4)37(6)28-47(57)42(41)30-39(40)12-2/h25,27-30,33,46,48,52H,3,5-7,11-24,26,31-32,34H2,1-2,4,8-10H3,(H,54,55). The lowest BCUT2D eigenvalue weighted by atomic mass is 9.75. The van der Waals surface area contributed by atoms with Gasteiger partial charge >= 0.3 is 0 Å². The lowest BCUT2D eigenvalue weighted by Gasteiger charge is -2.47. The zero-order valence-electron chi connectivity index (χ0n) is 36.9. The van der Waals surface area contributed by atoms with Gasteiger partial charge in [0.05, 0.1) is 6.54 Å². The maximum Gasteiger partial charge on any atom is 0.162 e. The molecule has 1 aromatic carbocycles. The summed E-state index contributed by atoms with van der Waals surface area (Å²) in [6.45, 7) is 35.0. The predicted octanol–water partition coefficient (Wildman–Crippen LogP) is 11.9. The van der Waals surface area contributed by atoms with Gasteiger partial charge in [0.15, 0.2) is 10.8 Å². The van der Waals surface area contributed by atoms with Gasteiger partial charge in [-0.2, -0.15) is 0 Å². The smallest absolute Gasteiger partial charge is 0.162 e. The quantitative estimate of drug-likeness (QED) is 0.139. The molecule has 2 unspecified atom stereocenters. The number of aromatic nitrogens is 1. The molecule has 7 heteroatoms. The molecule has 0 aliphatic carbocycles. The van der Waals surface area contributed by atoms with Crippen LogP contribution in [0.5, 0.6) is 0 Å². The highest BCUT2D eigenvalue weighted by Gasteiger charge is 2.38. The van der Waals surface area contributed by atoms with Gasteiger partial charge in [-0.15, -0.1) is 11.3 Å². The summed E-state index contributed by atoms with van der Waals surface area (Å²) >= 11 is 1.63. The zero-order chi connectivity index (χ0) is 41.4. The van der Waals surface area contributed by atoms with E-state index in [-0.39, 0.29) is 5.41 Å². The first-order valence-corrected chi connectivity index (χ1v) is 23.3. The molecule has 1 aromatic heterocycles. The number of allylic oxidation sites excluding steroid dienone is 4. The highest BCUT2D eigenvalue weighted by molar-refractivity contribution is 7.11. The van der Waals surface area contributed by atoms with Gasteiger partial charge in [-0.3, -0.25) is 9.89 Å². The van der Waals surface area contributed by atoms with Crippen LogP contribution in [0.15, 0.2) is 107 Å². The van der Waals surface area contributed by atoms with E-state index in [0.717, 1.165) is 67.3 Å². The highest BCUT2D eigenvalue weighted by Crippen LogP contribution is 2.44. The fourth-order valence-electron chi connectivity index (χ4n) is 9.32. The molecule has 6 rings (SSSR count). The third-order valence-electron chi connectivity index (χ3n) is 12.9. The summed E-state index contributed by atoms with van der Waals surface area (Å²) in [5.41, 5.74) is 15.6. The number of nitrogens with zero attached hydrogens (tertiary/aromatic N) is 4. The largest absolute Gasteiger partial charge is 0.388 e. The first-order chi connectivity index (χ1) is 27.9. The summed E-state index contributed by atoms with van der Waals surface area (Å²) in [5.74, 6) is 0.884. The Labute approximate surface area is 355 Å². The number of aliphatic imine (C=N–C) groups is 1. The summed E-state index contributed by atoms with van der Waals surface area (Å²) in [7, 11) is 0. The van der Waals surface area contributed by atoms with E-state index in [1.54, 1.807) is 16.9 Å².